The van der Waals surface area contributed by atoms with Crippen LogP contribution in [0.4, 0.5) is 5.69 Å². The van der Waals surface area contributed by atoms with Gasteiger partial charge in [0.1, 0.15) is 11.5 Å². The van der Waals surface area contributed by atoms with Crippen molar-refractivity contribution in [3.63, 3.8) is 0 Å². The summed E-state index contributed by atoms with van der Waals surface area (Å²) in [5.74, 6) is 1.88. The zero-order valence-corrected chi connectivity index (χ0v) is 18.5. The second-order valence-corrected chi connectivity index (χ2v) is 6.99. The lowest BCUT2D eigenvalue weighted by molar-refractivity contribution is 0.463. The quantitative estimate of drug-likeness (QED) is 0.271. The minimum Gasteiger partial charge on any atom is -0.457 e. The number of nitrogens with two attached hydrogens (primary N) is 1. The molecule has 1 fully saturated rings. The van der Waals surface area contributed by atoms with Gasteiger partial charge in [-0.25, -0.2) is 4.99 Å². The lowest BCUT2D eigenvalue weighted by atomic mass is 10.3. The molecule has 0 spiro atoms. The number of guanidine groups is 1. The second kappa shape index (κ2) is 10.3. The largest absolute Gasteiger partial charge is 0.457 e. The van der Waals surface area contributed by atoms with E-state index in [2.05, 4.69) is 26.3 Å². The van der Waals surface area contributed by atoms with Crippen LogP contribution in [0.25, 0.3) is 0 Å². The van der Waals surface area contributed by atoms with Crippen molar-refractivity contribution in [3.8, 4) is 11.5 Å². The molecule has 1 aromatic heterocycles. The van der Waals surface area contributed by atoms with Crippen molar-refractivity contribution < 1.29 is 4.74 Å². The number of benzene rings is 2. The smallest absolute Gasteiger partial charge is 0.193 e. The number of para-hydroxylation sites is 1. The molecule has 0 saturated heterocycles. The number of anilines is 1. The number of rotatable bonds is 6. The van der Waals surface area contributed by atoms with Crippen LogP contribution < -0.4 is 15.8 Å². The van der Waals surface area contributed by atoms with Crippen LogP contribution in [0.2, 0.25) is 0 Å². The Balaban J connectivity index is 0.00000240. The third kappa shape index (κ3) is 5.96. The van der Waals surface area contributed by atoms with Crippen molar-refractivity contribution in [1.82, 2.24) is 9.78 Å². The number of ether oxygens (including phenoxy) is 1. The monoisotopic (exact) mass is 503 g/mol. The van der Waals surface area contributed by atoms with Crippen LogP contribution in [-0.2, 0) is 6.54 Å². The summed E-state index contributed by atoms with van der Waals surface area (Å²) in [5, 5.41) is 7.75. The Morgan fingerprint density at radius 2 is 1.83 bits per heavy atom. The number of nitrogens with one attached hydrogen (secondary N) is 1. The molecule has 1 aliphatic carbocycles. The maximum Gasteiger partial charge on any atom is 0.193 e. The van der Waals surface area contributed by atoms with Gasteiger partial charge in [-0.05, 0) is 43.2 Å². The molecule has 29 heavy (non-hydrogen) atoms. The number of nitrogens with zero attached hydrogens (tertiary/aromatic N) is 3. The average Bonchev–Trinajstić information content (AvgIpc) is 3.39. The van der Waals surface area contributed by atoms with E-state index in [1.807, 2.05) is 60.7 Å². The van der Waals surface area contributed by atoms with Crippen molar-refractivity contribution in [2.75, 3.05) is 5.32 Å². The van der Waals surface area contributed by atoms with Crippen LogP contribution in [0, 0.1) is 0 Å². The van der Waals surface area contributed by atoms with Gasteiger partial charge in [-0.15, -0.1) is 24.0 Å². The molecule has 1 aliphatic rings. The van der Waals surface area contributed by atoms with Crippen LogP contribution in [0.5, 0.6) is 11.5 Å². The van der Waals surface area contributed by atoms with E-state index in [0.29, 0.717) is 18.5 Å². The van der Waals surface area contributed by atoms with Gasteiger partial charge in [0.2, 0.25) is 0 Å². The summed E-state index contributed by atoms with van der Waals surface area (Å²) in [6.45, 7) is 0.457. The molecular formula is C22H26IN5O. The van der Waals surface area contributed by atoms with E-state index in [1.54, 1.807) is 0 Å². The van der Waals surface area contributed by atoms with Gasteiger partial charge in [0.05, 0.1) is 18.3 Å². The number of halogens is 1. The summed E-state index contributed by atoms with van der Waals surface area (Å²) < 4.78 is 7.92. The van der Waals surface area contributed by atoms with Crippen LogP contribution in [-0.4, -0.2) is 15.7 Å². The summed E-state index contributed by atoms with van der Waals surface area (Å²) in [4.78, 5) is 4.41. The molecule has 0 amide bonds. The zero-order valence-electron chi connectivity index (χ0n) is 16.2. The summed E-state index contributed by atoms with van der Waals surface area (Å²) in [7, 11) is 0. The Morgan fingerprint density at radius 3 is 2.62 bits per heavy atom. The fraction of sp³-hybridized carbons (Fsp3) is 0.273. The van der Waals surface area contributed by atoms with E-state index in [1.165, 1.54) is 25.7 Å². The highest BCUT2D eigenvalue weighted by Gasteiger charge is 2.17. The van der Waals surface area contributed by atoms with E-state index in [-0.39, 0.29) is 24.0 Å². The molecule has 0 unspecified atom stereocenters. The first-order valence-corrected chi connectivity index (χ1v) is 9.70. The van der Waals surface area contributed by atoms with Crippen LogP contribution in [0.15, 0.2) is 71.9 Å². The molecule has 0 bridgehead atoms. The number of hydrogen-bond acceptors (Lipinski definition) is 3. The van der Waals surface area contributed by atoms with Gasteiger partial charge in [0, 0.05) is 18.0 Å². The van der Waals surface area contributed by atoms with Gasteiger partial charge in [-0.3, -0.25) is 4.68 Å². The van der Waals surface area contributed by atoms with Gasteiger partial charge in [-0.1, -0.05) is 37.1 Å². The predicted molar refractivity (Wildman–Crippen MR) is 127 cm³/mol. The molecule has 0 radical (unpaired) electrons. The summed E-state index contributed by atoms with van der Waals surface area (Å²) in [6, 6.07) is 19.9. The van der Waals surface area contributed by atoms with E-state index in [4.69, 9.17) is 10.5 Å². The van der Waals surface area contributed by atoms with Crippen molar-refractivity contribution >= 4 is 35.6 Å². The van der Waals surface area contributed by atoms with Crippen LogP contribution >= 0.6 is 24.0 Å². The number of hydrogen-bond donors (Lipinski definition) is 2. The molecule has 3 aromatic rings. The third-order valence-corrected chi connectivity index (χ3v) is 4.86. The Kier molecular flexibility index (Phi) is 7.51. The standard InChI is InChI=1S/C22H25N5O.HI/c23-22(24-16-18-13-14-27(26-18)19-8-4-5-9-19)25-17-7-6-12-21(15-17)28-20-10-2-1-3-11-20;/h1-3,6-7,10-15,19H,4-5,8-9,16H2,(H3,23,24,25);1H. The molecule has 0 aliphatic heterocycles. The first kappa shape index (κ1) is 21.2. The van der Waals surface area contributed by atoms with Crippen molar-refractivity contribution in [1.29, 1.82) is 0 Å². The van der Waals surface area contributed by atoms with Crippen LogP contribution in [0.1, 0.15) is 37.4 Å². The normalized spacial score (nSPS) is 14.4. The van der Waals surface area contributed by atoms with E-state index in [9.17, 15) is 0 Å². The molecule has 2 aromatic carbocycles. The highest BCUT2D eigenvalue weighted by molar-refractivity contribution is 14.0. The minimum atomic E-state index is 0. The molecule has 1 heterocycles. The molecular weight excluding hydrogens is 477 g/mol. The number of aromatic nitrogens is 2. The Morgan fingerprint density at radius 1 is 1.07 bits per heavy atom. The highest BCUT2D eigenvalue weighted by atomic mass is 127. The maximum atomic E-state index is 6.05. The zero-order chi connectivity index (χ0) is 19.2. The fourth-order valence-electron chi connectivity index (χ4n) is 3.45. The summed E-state index contributed by atoms with van der Waals surface area (Å²) >= 11 is 0. The first-order valence-electron chi connectivity index (χ1n) is 9.70. The van der Waals surface area contributed by atoms with Gasteiger partial charge in [-0.2, -0.15) is 5.10 Å². The average molecular weight is 503 g/mol. The number of aliphatic imine (C=N–C) groups is 1. The van der Waals surface area contributed by atoms with Gasteiger partial charge >= 0.3 is 0 Å². The fourth-order valence-corrected chi connectivity index (χ4v) is 3.45. The van der Waals surface area contributed by atoms with Crippen molar-refractivity contribution in [3.05, 3.63) is 72.6 Å². The van der Waals surface area contributed by atoms with Crippen molar-refractivity contribution in [2.45, 2.75) is 38.3 Å². The SMILES string of the molecule is I.NC(=NCc1ccn(C2CCCC2)n1)Nc1cccc(Oc2ccccc2)c1. The lowest BCUT2D eigenvalue weighted by Gasteiger charge is -2.09. The molecule has 7 heteroatoms. The first-order chi connectivity index (χ1) is 13.8. The van der Waals surface area contributed by atoms with Crippen molar-refractivity contribution in [2.24, 2.45) is 10.7 Å². The third-order valence-electron chi connectivity index (χ3n) is 4.86. The molecule has 1 saturated carbocycles. The Bertz CT molecular complexity index is 935. The topological polar surface area (TPSA) is 77.5 Å². The maximum absolute atomic E-state index is 6.05. The summed E-state index contributed by atoms with van der Waals surface area (Å²) in [5.41, 5.74) is 7.80. The molecule has 152 valence electrons. The van der Waals surface area contributed by atoms with Gasteiger partial charge in [0.25, 0.3) is 0 Å². The minimum absolute atomic E-state index is 0. The van der Waals surface area contributed by atoms with Crippen LogP contribution in [0.3, 0.4) is 0 Å². The lowest BCUT2D eigenvalue weighted by Crippen LogP contribution is -2.22. The summed E-state index contributed by atoms with van der Waals surface area (Å²) in [6.07, 6.45) is 7.07. The Labute approximate surface area is 188 Å². The molecule has 4 rings (SSSR count). The Hall–Kier alpha value is -2.55. The van der Waals surface area contributed by atoms with Gasteiger partial charge in [0.15, 0.2) is 5.96 Å². The molecule has 6 nitrogen and oxygen atoms in total. The highest BCUT2D eigenvalue weighted by Crippen LogP contribution is 2.28. The predicted octanol–water partition coefficient (Wildman–Crippen LogP) is 5.34. The van der Waals surface area contributed by atoms with E-state index in [0.717, 1.165) is 22.9 Å². The van der Waals surface area contributed by atoms with E-state index < -0.39 is 0 Å². The van der Waals surface area contributed by atoms with E-state index >= 15 is 0 Å². The second-order valence-electron chi connectivity index (χ2n) is 6.99. The van der Waals surface area contributed by atoms with Gasteiger partial charge < -0.3 is 15.8 Å². The molecule has 3 N–H and O–H groups in total. The molecule has 0 atom stereocenters.